The van der Waals surface area contributed by atoms with Crippen molar-refractivity contribution < 1.29 is 24.0 Å². The maximum Gasteiger partial charge on any atom is 0.358 e. The van der Waals surface area contributed by atoms with Crippen LogP contribution in [-0.2, 0) is 9.47 Å². The van der Waals surface area contributed by atoms with Crippen molar-refractivity contribution in [2.75, 3.05) is 13.7 Å². The molecule has 0 saturated carbocycles. The number of benzene rings is 1. The number of rotatable bonds is 5. The molecule has 0 aliphatic heterocycles. The van der Waals surface area contributed by atoms with Crippen molar-refractivity contribution >= 4 is 17.6 Å². The highest BCUT2D eigenvalue weighted by atomic mass is 16.6. The number of hydrogen-bond donors (Lipinski definition) is 0. The summed E-state index contributed by atoms with van der Waals surface area (Å²) in [5, 5.41) is 14.7. The van der Waals surface area contributed by atoms with Crippen molar-refractivity contribution in [1.82, 2.24) is 9.78 Å². The summed E-state index contributed by atoms with van der Waals surface area (Å²) in [4.78, 5) is 33.7. The van der Waals surface area contributed by atoms with Crippen molar-refractivity contribution in [3.05, 3.63) is 51.8 Å². The van der Waals surface area contributed by atoms with Gasteiger partial charge in [-0.25, -0.2) is 14.3 Å². The number of esters is 2. The predicted molar refractivity (Wildman–Crippen MR) is 77.5 cm³/mol. The van der Waals surface area contributed by atoms with E-state index in [4.69, 9.17) is 4.74 Å². The zero-order valence-electron chi connectivity index (χ0n) is 12.4. The summed E-state index contributed by atoms with van der Waals surface area (Å²) in [6.45, 7) is 1.81. The average Bonchev–Trinajstić information content (AvgIpc) is 2.99. The molecule has 0 unspecified atom stereocenters. The third-order valence-electron chi connectivity index (χ3n) is 2.89. The Hall–Kier alpha value is -3.23. The van der Waals surface area contributed by atoms with Gasteiger partial charge in [0.1, 0.15) is 0 Å². The Bertz CT molecular complexity index is 750. The predicted octanol–water partition coefficient (Wildman–Crippen LogP) is 1.74. The summed E-state index contributed by atoms with van der Waals surface area (Å²) in [6, 6.07) is 6.59. The highest BCUT2D eigenvalue weighted by molar-refractivity contribution is 5.93. The molecular weight excluding hydrogens is 306 g/mol. The molecule has 0 saturated heterocycles. The molecule has 0 spiro atoms. The van der Waals surface area contributed by atoms with Gasteiger partial charge in [0.05, 0.1) is 24.3 Å². The van der Waals surface area contributed by atoms with Gasteiger partial charge in [-0.2, -0.15) is 5.10 Å². The van der Waals surface area contributed by atoms with Crippen LogP contribution in [0.1, 0.15) is 27.9 Å². The standard InChI is InChI=1S/C14H13N3O6/c1-3-23-13(18)11-8-12(14(19)22-2)16(15-11)9-4-6-10(7-5-9)17(20)21/h4-8H,3H2,1-2H3. The van der Waals surface area contributed by atoms with Crippen molar-refractivity contribution in [2.24, 2.45) is 0 Å². The van der Waals surface area contributed by atoms with Crippen LogP contribution >= 0.6 is 0 Å². The van der Waals surface area contributed by atoms with Crippen LogP contribution in [0.4, 0.5) is 5.69 Å². The first-order valence-electron chi connectivity index (χ1n) is 6.58. The molecule has 9 nitrogen and oxygen atoms in total. The number of ether oxygens (including phenoxy) is 2. The lowest BCUT2D eigenvalue weighted by molar-refractivity contribution is -0.384. The normalized spacial score (nSPS) is 10.2. The average molecular weight is 319 g/mol. The van der Waals surface area contributed by atoms with Crippen LogP contribution < -0.4 is 0 Å². The smallest absolute Gasteiger partial charge is 0.358 e. The second kappa shape index (κ2) is 6.69. The second-order valence-electron chi connectivity index (χ2n) is 4.31. The van der Waals surface area contributed by atoms with Gasteiger partial charge in [0, 0.05) is 18.2 Å². The molecule has 1 aromatic heterocycles. The van der Waals surface area contributed by atoms with E-state index in [1.807, 2.05) is 0 Å². The van der Waals surface area contributed by atoms with E-state index in [9.17, 15) is 19.7 Å². The quantitative estimate of drug-likeness (QED) is 0.468. The molecule has 0 atom stereocenters. The van der Waals surface area contributed by atoms with Gasteiger partial charge in [-0.3, -0.25) is 10.1 Å². The molecule has 1 heterocycles. The van der Waals surface area contributed by atoms with Crippen molar-refractivity contribution in [3.8, 4) is 5.69 Å². The van der Waals surface area contributed by atoms with Gasteiger partial charge in [0.2, 0.25) is 0 Å². The number of nitro groups is 1. The number of aromatic nitrogens is 2. The minimum Gasteiger partial charge on any atom is -0.464 e. The Morgan fingerprint density at radius 2 is 1.91 bits per heavy atom. The lowest BCUT2D eigenvalue weighted by Gasteiger charge is -2.05. The summed E-state index contributed by atoms with van der Waals surface area (Å²) in [7, 11) is 1.19. The number of non-ortho nitro benzene ring substituents is 1. The highest BCUT2D eigenvalue weighted by Crippen LogP contribution is 2.18. The first-order chi connectivity index (χ1) is 11.0. The first-order valence-corrected chi connectivity index (χ1v) is 6.58. The molecule has 0 bridgehead atoms. The minimum absolute atomic E-state index is 0.00408. The molecule has 0 radical (unpaired) electrons. The summed E-state index contributed by atoms with van der Waals surface area (Å²) in [6.07, 6.45) is 0. The largest absolute Gasteiger partial charge is 0.464 e. The zero-order chi connectivity index (χ0) is 17.0. The molecule has 1 aromatic carbocycles. The third-order valence-corrected chi connectivity index (χ3v) is 2.89. The van der Waals surface area contributed by atoms with E-state index >= 15 is 0 Å². The lowest BCUT2D eigenvalue weighted by atomic mass is 10.2. The monoisotopic (exact) mass is 319 g/mol. The van der Waals surface area contributed by atoms with Crippen LogP contribution in [0.3, 0.4) is 0 Å². The SMILES string of the molecule is CCOC(=O)c1cc(C(=O)OC)n(-c2ccc([N+](=O)[O-])cc2)n1. The Morgan fingerprint density at radius 1 is 1.26 bits per heavy atom. The molecular formula is C14H13N3O6. The maximum absolute atomic E-state index is 11.8. The van der Waals surface area contributed by atoms with Gasteiger partial charge in [0.15, 0.2) is 11.4 Å². The molecule has 120 valence electrons. The molecule has 23 heavy (non-hydrogen) atoms. The van der Waals surface area contributed by atoms with Crippen LogP contribution in [0, 0.1) is 10.1 Å². The van der Waals surface area contributed by atoms with Gasteiger partial charge < -0.3 is 9.47 Å². The van der Waals surface area contributed by atoms with E-state index in [1.165, 1.54) is 42.1 Å². The molecule has 0 aliphatic carbocycles. The summed E-state index contributed by atoms with van der Waals surface area (Å²) >= 11 is 0. The number of carbonyl (C=O) groups excluding carboxylic acids is 2. The van der Waals surface area contributed by atoms with Crippen LogP contribution in [0.15, 0.2) is 30.3 Å². The van der Waals surface area contributed by atoms with Gasteiger partial charge in [0.25, 0.3) is 5.69 Å². The number of hydrogen-bond acceptors (Lipinski definition) is 7. The molecule has 2 aromatic rings. The summed E-state index contributed by atoms with van der Waals surface area (Å²) in [5.41, 5.74) is 0.202. The minimum atomic E-state index is -0.702. The van der Waals surface area contributed by atoms with Gasteiger partial charge in [-0.05, 0) is 19.1 Å². The van der Waals surface area contributed by atoms with Crippen LogP contribution in [0.25, 0.3) is 5.69 Å². The number of methoxy groups -OCH3 is 1. The second-order valence-corrected chi connectivity index (χ2v) is 4.31. The molecule has 0 amide bonds. The topological polar surface area (TPSA) is 114 Å². The third kappa shape index (κ3) is 3.34. The van der Waals surface area contributed by atoms with Gasteiger partial charge in [-0.1, -0.05) is 0 Å². The van der Waals surface area contributed by atoms with Crippen molar-refractivity contribution in [1.29, 1.82) is 0 Å². The van der Waals surface area contributed by atoms with E-state index < -0.39 is 16.9 Å². The molecule has 2 rings (SSSR count). The zero-order valence-corrected chi connectivity index (χ0v) is 12.4. The van der Waals surface area contributed by atoms with E-state index in [2.05, 4.69) is 9.84 Å². The van der Waals surface area contributed by atoms with E-state index in [0.29, 0.717) is 5.69 Å². The number of carbonyl (C=O) groups is 2. The van der Waals surface area contributed by atoms with Crippen molar-refractivity contribution in [3.63, 3.8) is 0 Å². The van der Waals surface area contributed by atoms with Crippen LogP contribution in [-0.4, -0.2) is 40.4 Å². The fourth-order valence-corrected chi connectivity index (χ4v) is 1.85. The Labute approximate surface area is 130 Å². The van der Waals surface area contributed by atoms with Crippen molar-refractivity contribution in [2.45, 2.75) is 6.92 Å². The Kier molecular flexibility index (Phi) is 4.69. The van der Waals surface area contributed by atoms with E-state index in [1.54, 1.807) is 6.92 Å². The fourth-order valence-electron chi connectivity index (χ4n) is 1.85. The molecule has 0 fully saturated rings. The molecule has 9 heteroatoms. The van der Waals surface area contributed by atoms with E-state index in [-0.39, 0.29) is 23.7 Å². The van der Waals surface area contributed by atoms with Gasteiger partial charge >= 0.3 is 11.9 Å². The molecule has 0 N–H and O–H groups in total. The maximum atomic E-state index is 11.8. The highest BCUT2D eigenvalue weighted by Gasteiger charge is 2.21. The summed E-state index contributed by atoms with van der Waals surface area (Å²) in [5.74, 6) is -1.38. The molecule has 0 aliphatic rings. The van der Waals surface area contributed by atoms with Gasteiger partial charge in [-0.15, -0.1) is 0 Å². The lowest BCUT2D eigenvalue weighted by Crippen LogP contribution is -2.10. The fraction of sp³-hybridized carbons (Fsp3) is 0.214. The first kappa shape index (κ1) is 16.1. The van der Waals surface area contributed by atoms with Crippen LogP contribution in [0.2, 0.25) is 0 Å². The summed E-state index contributed by atoms with van der Waals surface area (Å²) < 4.78 is 10.7. The number of nitrogens with zero attached hydrogens (tertiary/aromatic N) is 3. The van der Waals surface area contributed by atoms with Crippen LogP contribution in [0.5, 0.6) is 0 Å². The number of nitro benzene ring substituents is 1. The Morgan fingerprint density at radius 3 is 2.43 bits per heavy atom. The Balaban J connectivity index is 2.48. The van der Waals surface area contributed by atoms with E-state index in [0.717, 1.165) is 0 Å².